The summed E-state index contributed by atoms with van der Waals surface area (Å²) in [4.78, 5) is 25.3. The van der Waals surface area contributed by atoms with Crippen molar-refractivity contribution in [1.82, 2.24) is 9.80 Å². The second-order valence-corrected chi connectivity index (χ2v) is 6.09. The number of aliphatic carboxylic acids is 1. The van der Waals surface area contributed by atoms with Gasteiger partial charge in [-0.1, -0.05) is 12.1 Å². The molecule has 0 spiro atoms. The highest BCUT2D eigenvalue weighted by molar-refractivity contribution is 5.69. The average molecular weight is 321 g/mol. The first-order valence-electron chi connectivity index (χ1n) is 7.83. The zero-order chi connectivity index (χ0) is 16.8. The Morgan fingerprint density at radius 2 is 2.04 bits per heavy atom. The van der Waals surface area contributed by atoms with Crippen LogP contribution in [-0.2, 0) is 11.3 Å². The number of rotatable bonds is 6. The lowest BCUT2D eigenvalue weighted by molar-refractivity contribution is -0.384. The Balaban J connectivity index is 1.88. The van der Waals surface area contributed by atoms with E-state index >= 15 is 0 Å². The summed E-state index contributed by atoms with van der Waals surface area (Å²) in [5.41, 5.74) is 1.17. The van der Waals surface area contributed by atoms with E-state index in [1.807, 2.05) is 11.9 Å². The van der Waals surface area contributed by atoms with E-state index in [9.17, 15) is 14.9 Å². The number of carboxylic acids is 1. The lowest BCUT2D eigenvalue weighted by Crippen LogP contribution is -2.36. The Morgan fingerprint density at radius 3 is 2.65 bits per heavy atom. The summed E-state index contributed by atoms with van der Waals surface area (Å²) in [5, 5.41) is 19.6. The fourth-order valence-corrected chi connectivity index (χ4v) is 3.06. The van der Waals surface area contributed by atoms with Crippen LogP contribution in [0.3, 0.4) is 0 Å². The molecule has 0 amide bonds. The topological polar surface area (TPSA) is 86.9 Å². The quantitative estimate of drug-likeness (QED) is 0.637. The van der Waals surface area contributed by atoms with Crippen molar-refractivity contribution in [1.29, 1.82) is 0 Å². The van der Waals surface area contributed by atoms with Crippen molar-refractivity contribution in [2.75, 3.05) is 26.7 Å². The van der Waals surface area contributed by atoms with Gasteiger partial charge in [0, 0.05) is 24.7 Å². The molecular formula is C16H23N3O4. The molecule has 1 aromatic carbocycles. The van der Waals surface area contributed by atoms with E-state index in [-0.39, 0.29) is 12.2 Å². The van der Waals surface area contributed by atoms with E-state index in [0.717, 1.165) is 44.5 Å². The molecule has 0 unspecified atom stereocenters. The first-order chi connectivity index (χ1) is 11.0. The number of benzene rings is 1. The number of likely N-dealkylation sites (tertiary alicyclic amines) is 1. The molecule has 23 heavy (non-hydrogen) atoms. The maximum Gasteiger partial charge on any atom is 0.317 e. The van der Waals surface area contributed by atoms with Crippen LogP contribution in [-0.4, -0.2) is 58.5 Å². The first kappa shape index (κ1) is 17.4. The van der Waals surface area contributed by atoms with Crippen molar-refractivity contribution in [2.45, 2.75) is 31.8 Å². The predicted octanol–water partition coefficient (Wildman–Crippen LogP) is 1.97. The van der Waals surface area contributed by atoms with Crippen LogP contribution in [0.15, 0.2) is 24.3 Å². The van der Waals surface area contributed by atoms with E-state index in [1.165, 1.54) is 12.1 Å². The number of nitro groups is 1. The molecule has 0 radical (unpaired) electrons. The highest BCUT2D eigenvalue weighted by Crippen LogP contribution is 2.19. The summed E-state index contributed by atoms with van der Waals surface area (Å²) >= 11 is 0. The largest absolute Gasteiger partial charge is 0.480 e. The Bertz CT molecular complexity index is 547. The molecule has 1 N–H and O–H groups in total. The summed E-state index contributed by atoms with van der Waals surface area (Å²) in [6.45, 7) is 2.72. The second kappa shape index (κ2) is 8.03. The molecule has 1 atom stereocenters. The van der Waals surface area contributed by atoms with E-state index in [4.69, 9.17) is 5.11 Å². The van der Waals surface area contributed by atoms with Gasteiger partial charge in [-0.3, -0.25) is 24.7 Å². The van der Waals surface area contributed by atoms with E-state index < -0.39 is 10.9 Å². The molecule has 0 bridgehead atoms. The minimum Gasteiger partial charge on any atom is -0.480 e. The molecule has 1 heterocycles. The van der Waals surface area contributed by atoms with Crippen molar-refractivity contribution < 1.29 is 14.8 Å². The van der Waals surface area contributed by atoms with Crippen molar-refractivity contribution in [3.05, 3.63) is 39.9 Å². The molecule has 1 saturated heterocycles. The minimum absolute atomic E-state index is 0.0764. The summed E-state index contributed by atoms with van der Waals surface area (Å²) in [6.07, 6.45) is 2.97. The number of hydrogen-bond donors (Lipinski definition) is 1. The molecule has 126 valence electrons. The van der Waals surface area contributed by atoms with Crippen LogP contribution >= 0.6 is 0 Å². The van der Waals surface area contributed by atoms with Gasteiger partial charge in [-0.25, -0.2) is 0 Å². The predicted molar refractivity (Wildman–Crippen MR) is 86.3 cm³/mol. The first-order valence-corrected chi connectivity index (χ1v) is 7.83. The van der Waals surface area contributed by atoms with Crippen LogP contribution in [0.1, 0.15) is 24.8 Å². The van der Waals surface area contributed by atoms with Crippen LogP contribution in [0.2, 0.25) is 0 Å². The van der Waals surface area contributed by atoms with Gasteiger partial charge in [0.1, 0.15) is 0 Å². The smallest absolute Gasteiger partial charge is 0.317 e. The normalized spacial score (nSPS) is 19.5. The van der Waals surface area contributed by atoms with Crippen LogP contribution in [0.5, 0.6) is 0 Å². The molecular weight excluding hydrogens is 298 g/mol. The van der Waals surface area contributed by atoms with E-state index in [0.29, 0.717) is 6.04 Å². The molecule has 1 aliphatic heterocycles. The fraction of sp³-hybridized carbons (Fsp3) is 0.562. The summed E-state index contributed by atoms with van der Waals surface area (Å²) < 4.78 is 0. The van der Waals surface area contributed by atoms with Crippen LogP contribution in [0.25, 0.3) is 0 Å². The third-order valence-corrected chi connectivity index (χ3v) is 4.35. The minimum atomic E-state index is -0.792. The van der Waals surface area contributed by atoms with Crippen LogP contribution < -0.4 is 0 Å². The summed E-state index contributed by atoms with van der Waals surface area (Å²) in [5.74, 6) is -0.792. The molecule has 0 saturated carbocycles. The molecule has 7 nitrogen and oxygen atoms in total. The standard InChI is InChI=1S/C16H23N3O4/c1-17(12-16(20)21)14-3-2-9-18(10-8-14)11-13-4-6-15(7-5-13)19(22)23/h4-7,14H,2-3,8-12H2,1H3,(H,20,21)/t14-/m0/s1. The average Bonchev–Trinajstić information content (AvgIpc) is 2.73. The zero-order valence-corrected chi connectivity index (χ0v) is 13.4. The van der Waals surface area contributed by atoms with E-state index in [1.54, 1.807) is 12.1 Å². The van der Waals surface area contributed by atoms with Gasteiger partial charge >= 0.3 is 5.97 Å². The van der Waals surface area contributed by atoms with Gasteiger partial charge in [0.15, 0.2) is 0 Å². The van der Waals surface area contributed by atoms with Gasteiger partial charge in [0.25, 0.3) is 5.69 Å². The number of carboxylic acid groups (broad SMARTS) is 1. The number of nitro benzene ring substituents is 1. The van der Waals surface area contributed by atoms with Gasteiger partial charge in [-0.2, -0.15) is 0 Å². The zero-order valence-electron chi connectivity index (χ0n) is 13.4. The third kappa shape index (κ3) is 5.30. The molecule has 7 heteroatoms. The van der Waals surface area contributed by atoms with Crippen LogP contribution in [0, 0.1) is 10.1 Å². The maximum absolute atomic E-state index is 10.8. The van der Waals surface area contributed by atoms with Gasteiger partial charge in [-0.05, 0) is 45.0 Å². The number of likely N-dealkylation sites (N-methyl/N-ethyl adjacent to an activating group) is 1. The van der Waals surface area contributed by atoms with E-state index in [2.05, 4.69) is 4.90 Å². The van der Waals surface area contributed by atoms with Crippen molar-refractivity contribution >= 4 is 11.7 Å². The molecule has 2 rings (SSSR count). The molecule has 1 fully saturated rings. The lowest BCUT2D eigenvalue weighted by atomic mass is 10.1. The SMILES string of the molecule is CN(CC(=O)O)[C@H]1CCCN(Cc2ccc([N+](=O)[O-])cc2)CC1. The molecule has 1 aliphatic rings. The molecule has 1 aromatic rings. The molecule has 0 aliphatic carbocycles. The fourth-order valence-electron chi connectivity index (χ4n) is 3.06. The Kier molecular flexibility index (Phi) is 6.06. The van der Waals surface area contributed by atoms with Crippen molar-refractivity contribution in [3.63, 3.8) is 0 Å². The van der Waals surface area contributed by atoms with Gasteiger partial charge < -0.3 is 5.11 Å². The summed E-state index contributed by atoms with van der Waals surface area (Å²) in [6, 6.07) is 6.98. The number of nitrogens with zero attached hydrogens (tertiary/aromatic N) is 3. The monoisotopic (exact) mass is 321 g/mol. The second-order valence-electron chi connectivity index (χ2n) is 6.09. The summed E-state index contributed by atoms with van der Waals surface area (Å²) in [7, 11) is 1.87. The Morgan fingerprint density at radius 1 is 1.35 bits per heavy atom. The highest BCUT2D eigenvalue weighted by atomic mass is 16.6. The maximum atomic E-state index is 10.8. The number of non-ortho nitro benzene ring substituents is 1. The van der Waals surface area contributed by atoms with Crippen LogP contribution in [0.4, 0.5) is 5.69 Å². The Labute approximate surface area is 135 Å². The van der Waals surface area contributed by atoms with Crippen molar-refractivity contribution in [2.24, 2.45) is 0 Å². The highest BCUT2D eigenvalue weighted by Gasteiger charge is 2.21. The number of hydrogen-bond acceptors (Lipinski definition) is 5. The van der Waals surface area contributed by atoms with Crippen molar-refractivity contribution in [3.8, 4) is 0 Å². The third-order valence-electron chi connectivity index (χ3n) is 4.35. The Hall–Kier alpha value is -1.99. The van der Waals surface area contributed by atoms with Gasteiger partial charge in [0.2, 0.25) is 0 Å². The van der Waals surface area contributed by atoms with Gasteiger partial charge in [0.05, 0.1) is 11.5 Å². The lowest BCUT2D eigenvalue weighted by Gasteiger charge is -2.25. The molecule has 0 aromatic heterocycles. The van der Waals surface area contributed by atoms with Gasteiger partial charge in [-0.15, -0.1) is 0 Å². The number of carbonyl (C=O) groups is 1.